The van der Waals surface area contributed by atoms with Crippen molar-refractivity contribution in [1.82, 2.24) is 25.5 Å². The third-order valence-electron chi connectivity index (χ3n) is 2.79. The molecule has 1 amide bonds. The number of carbonyl (C=O) groups excluding carboxylic acids is 1. The second-order valence-corrected chi connectivity index (χ2v) is 4.29. The molecule has 0 aliphatic heterocycles. The Hall–Kier alpha value is -2.90. The fraction of sp³-hybridized carbons (Fsp3) is 0.231. The van der Waals surface area contributed by atoms with Gasteiger partial charge in [0.2, 0.25) is 5.76 Å². The Bertz CT molecular complexity index is 687. The number of aromatic nitrogens is 4. The predicted octanol–water partition coefficient (Wildman–Crippen LogP) is 1.35. The smallest absolute Gasteiger partial charge is 0.273 e. The van der Waals surface area contributed by atoms with E-state index in [1.54, 1.807) is 35.4 Å². The molecule has 21 heavy (non-hydrogen) atoms. The summed E-state index contributed by atoms with van der Waals surface area (Å²) in [7, 11) is 0. The first-order chi connectivity index (χ1) is 10.3. The first-order valence-corrected chi connectivity index (χ1v) is 6.46. The Labute approximate surface area is 119 Å². The Morgan fingerprint density at radius 1 is 1.29 bits per heavy atom. The summed E-state index contributed by atoms with van der Waals surface area (Å²) in [5.41, 5.74) is 0.221. The Kier molecular flexibility index (Phi) is 3.77. The minimum atomic E-state index is -0.287. The van der Waals surface area contributed by atoms with Crippen molar-refractivity contribution in [2.45, 2.75) is 13.0 Å². The molecule has 0 saturated carbocycles. The van der Waals surface area contributed by atoms with Gasteiger partial charge in [0.15, 0.2) is 11.5 Å². The Morgan fingerprint density at radius 2 is 2.14 bits per heavy atom. The SMILES string of the molecule is O=C(NCCCn1nccn1)c1cc(-c2ccco2)on1. The van der Waals surface area contributed by atoms with Crippen molar-refractivity contribution in [2.24, 2.45) is 0 Å². The number of carbonyl (C=O) groups is 1. The number of amides is 1. The molecule has 0 spiro atoms. The quantitative estimate of drug-likeness (QED) is 0.687. The van der Waals surface area contributed by atoms with Gasteiger partial charge in [-0.05, 0) is 18.6 Å². The van der Waals surface area contributed by atoms with Gasteiger partial charge in [-0.2, -0.15) is 15.0 Å². The topological polar surface area (TPSA) is 99.0 Å². The molecule has 0 bridgehead atoms. The van der Waals surface area contributed by atoms with Gasteiger partial charge in [-0.15, -0.1) is 0 Å². The van der Waals surface area contributed by atoms with Crippen molar-refractivity contribution in [3.05, 3.63) is 42.5 Å². The van der Waals surface area contributed by atoms with Gasteiger partial charge in [-0.25, -0.2) is 0 Å². The molecule has 0 unspecified atom stereocenters. The number of nitrogens with zero attached hydrogens (tertiary/aromatic N) is 4. The van der Waals surface area contributed by atoms with E-state index in [4.69, 9.17) is 8.94 Å². The summed E-state index contributed by atoms with van der Waals surface area (Å²) in [6.45, 7) is 1.15. The van der Waals surface area contributed by atoms with Gasteiger partial charge in [-0.3, -0.25) is 4.79 Å². The molecular formula is C13H13N5O3. The van der Waals surface area contributed by atoms with E-state index < -0.39 is 0 Å². The average molecular weight is 287 g/mol. The van der Waals surface area contributed by atoms with Crippen LogP contribution in [0, 0.1) is 0 Å². The number of rotatable bonds is 6. The molecule has 0 aliphatic rings. The van der Waals surface area contributed by atoms with Crippen LogP contribution < -0.4 is 5.32 Å². The van der Waals surface area contributed by atoms with Gasteiger partial charge >= 0.3 is 0 Å². The summed E-state index contributed by atoms with van der Waals surface area (Å²) < 4.78 is 10.2. The average Bonchev–Trinajstić information content (AvgIpc) is 3.25. The standard InChI is InChI=1S/C13H13N5O3/c19-13(14-4-2-7-18-15-5-6-16-18)10-9-12(21-17-10)11-3-1-8-20-11/h1,3,5-6,8-9H,2,4,7H2,(H,14,19). The van der Waals surface area contributed by atoms with E-state index in [1.807, 2.05) is 0 Å². The van der Waals surface area contributed by atoms with Crippen molar-refractivity contribution in [1.29, 1.82) is 0 Å². The van der Waals surface area contributed by atoms with Crippen molar-refractivity contribution in [3.63, 3.8) is 0 Å². The van der Waals surface area contributed by atoms with Crippen LogP contribution in [0.3, 0.4) is 0 Å². The lowest BCUT2D eigenvalue weighted by Crippen LogP contribution is -2.25. The van der Waals surface area contributed by atoms with Crippen LogP contribution in [0.15, 0.2) is 45.8 Å². The van der Waals surface area contributed by atoms with Crippen LogP contribution in [0.5, 0.6) is 0 Å². The molecule has 3 aromatic rings. The summed E-state index contributed by atoms with van der Waals surface area (Å²) in [5, 5.41) is 14.4. The molecular weight excluding hydrogens is 274 g/mol. The van der Waals surface area contributed by atoms with E-state index in [1.165, 1.54) is 6.26 Å². The molecule has 3 heterocycles. The van der Waals surface area contributed by atoms with Crippen molar-refractivity contribution < 1.29 is 13.7 Å². The zero-order valence-corrected chi connectivity index (χ0v) is 11.1. The number of hydrogen-bond donors (Lipinski definition) is 1. The summed E-state index contributed by atoms with van der Waals surface area (Å²) in [5.74, 6) is 0.669. The zero-order valence-electron chi connectivity index (χ0n) is 11.1. The molecule has 0 radical (unpaired) electrons. The maximum Gasteiger partial charge on any atom is 0.273 e. The largest absolute Gasteiger partial charge is 0.461 e. The predicted molar refractivity (Wildman–Crippen MR) is 71.2 cm³/mol. The number of hydrogen-bond acceptors (Lipinski definition) is 6. The van der Waals surface area contributed by atoms with Crippen molar-refractivity contribution >= 4 is 5.91 Å². The number of nitrogens with one attached hydrogen (secondary N) is 1. The second kappa shape index (κ2) is 6.04. The highest BCUT2D eigenvalue weighted by atomic mass is 16.5. The summed E-state index contributed by atoms with van der Waals surface area (Å²) in [6, 6.07) is 5.02. The highest BCUT2D eigenvalue weighted by Crippen LogP contribution is 2.20. The lowest BCUT2D eigenvalue weighted by molar-refractivity contribution is 0.0943. The van der Waals surface area contributed by atoms with Crippen molar-refractivity contribution in [2.75, 3.05) is 6.54 Å². The molecule has 8 heteroatoms. The third kappa shape index (κ3) is 3.16. The number of furan rings is 1. The maximum atomic E-state index is 11.9. The molecule has 3 aromatic heterocycles. The van der Waals surface area contributed by atoms with Crippen LogP contribution in [0.4, 0.5) is 0 Å². The molecule has 0 fully saturated rings. The van der Waals surface area contributed by atoms with E-state index in [0.29, 0.717) is 24.6 Å². The molecule has 0 aromatic carbocycles. The molecule has 0 atom stereocenters. The highest BCUT2D eigenvalue weighted by Gasteiger charge is 2.14. The van der Waals surface area contributed by atoms with Gasteiger partial charge in [0.1, 0.15) is 0 Å². The Morgan fingerprint density at radius 3 is 2.90 bits per heavy atom. The molecule has 0 saturated heterocycles. The van der Waals surface area contributed by atoms with Gasteiger partial charge in [-0.1, -0.05) is 5.16 Å². The minimum absolute atomic E-state index is 0.221. The van der Waals surface area contributed by atoms with Crippen LogP contribution in [0.25, 0.3) is 11.5 Å². The first-order valence-electron chi connectivity index (χ1n) is 6.46. The fourth-order valence-electron chi connectivity index (χ4n) is 1.79. The molecule has 3 rings (SSSR count). The van der Waals surface area contributed by atoms with Gasteiger partial charge in [0.05, 0.1) is 25.2 Å². The van der Waals surface area contributed by atoms with Crippen LogP contribution in [0.1, 0.15) is 16.9 Å². The van der Waals surface area contributed by atoms with E-state index in [2.05, 4.69) is 20.7 Å². The van der Waals surface area contributed by atoms with Crippen LogP contribution in [-0.4, -0.2) is 32.6 Å². The summed E-state index contributed by atoms with van der Waals surface area (Å²) in [4.78, 5) is 13.5. The van der Waals surface area contributed by atoms with Gasteiger partial charge in [0.25, 0.3) is 5.91 Å². The monoisotopic (exact) mass is 287 g/mol. The van der Waals surface area contributed by atoms with E-state index in [9.17, 15) is 4.79 Å². The fourth-order valence-corrected chi connectivity index (χ4v) is 1.79. The summed E-state index contributed by atoms with van der Waals surface area (Å²) >= 11 is 0. The molecule has 0 aliphatic carbocycles. The van der Waals surface area contributed by atoms with E-state index in [0.717, 1.165) is 6.42 Å². The summed E-state index contributed by atoms with van der Waals surface area (Å²) in [6.07, 6.45) is 5.48. The highest BCUT2D eigenvalue weighted by molar-refractivity contribution is 5.92. The van der Waals surface area contributed by atoms with E-state index >= 15 is 0 Å². The normalized spacial score (nSPS) is 10.7. The van der Waals surface area contributed by atoms with Crippen LogP contribution >= 0.6 is 0 Å². The van der Waals surface area contributed by atoms with Gasteiger partial charge < -0.3 is 14.3 Å². The number of aryl methyl sites for hydroxylation is 1. The van der Waals surface area contributed by atoms with Crippen LogP contribution in [-0.2, 0) is 6.54 Å². The first kappa shape index (κ1) is 13.1. The van der Waals surface area contributed by atoms with Crippen molar-refractivity contribution in [3.8, 4) is 11.5 Å². The molecule has 8 nitrogen and oxygen atoms in total. The lowest BCUT2D eigenvalue weighted by atomic mass is 10.3. The molecule has 1 N–H and O–H groups in total. The van der Waals surface area contributed by atoms with Crippen LogP contribution in [0.2, 0.25) is 0 Å². The van der Waals surface area contributed by atoms with Gasteiger partial charge in [0, 0.05) is 12.6 Å². The maximum absolute atomic E-state index is 11.9. The zero-order chi connectivity index (χ0) is 14.5. The third-order valence-corrected chi connectivity index (χ3v) is 2.79. The Balaban J connectivity index is 1.49. The lowest BCUT2D eigenvalue weighted by Gasteiger charge is -2.02. The van der Waals surface area contributed by atoms with E-state index in [-0.39, 0.29) is 11.6 Å². The second-order valence-electron chi connectivity index (χ2n) is 4.29. The molecule has 108 valence electrons. The minimum Gasteiger partial charge on any atom is -0.461 e.